The number of rotatable bonds is 6. The van der Waals surface area contributed by atoms with E-state index in [9.17, 15) is 4.79 Å². The van der Waals surface area contributed by atoms with Crippen LogP contribution in [0.3, 0.4) is 0 Å². The molecule has 8 heteroatoms. The van der Waals surface area contributed by atoms with Crippen molar-refractivity contribution in [2.45, 2.75) is 12.8 Å². The van der Waals surface area contributed by atoms with Gasteiger partial charge in [-0.3, -0.25) is 4.79 Å². The Kier molecular flexibility index (Phi) is 5.17. The van der Waals surface area contributed by atoms with Gasteiger partial charge in [0.15, 0.2) is 0 Å². The zero-order valence-electron chi connectivity index (χ0n) is 13.7. The highest BCUT2D eigenvalue weighted by atomic mass is 16.5. The van der Waals surface area contributed by atoms with Gasteiger partial charge < -0.3 is 15.4 Å². The monoisotopic (exact) mass is 330 g/mol. The molecule has 24 heavy (non-hydrogen) atoms. The molecule has 0 spiro atoms. The second-order valence-electron chi connectivity index (χ2n) is 6.17. The number of aromatic nitrogens is 4. The number of carbonyl (C=O) groups is 1. The zero-order chi connectivity index (χ0) is 16.8. The number of ether oxygens (including phenoxy) is 1. The lowest BCUT2D eigenvalue weighted by Crippen LogP contribution is -2.47. The van der Waals surface area contributed by atoms with Gasteiger partial charge in [-0.05, 0) is 60.6 Å². The van der Waals surface area contributed by atoms with E-state index in [1.54, 1.807) is 23.9 Å². The summed E-state index contributed by atoms with van der Waals surface area (Å²) in [5.74, 6) is -0.0766. The van der Waals surface area contributed by atoms with Crippen LogP contribution in [0.2, 0.25) is 0 Å². The first kappa shape index (κ1) is 16.5. The van der Waals surface area contributed by atoms with Gasteiger partial charge >= 0.3 is 0 Å². The summed E-state index contributed by atoms with van der Waals surface area (Å²) >= 11 is 0. The maximum absolute atomic E-state index is 12.4. The van der Waals surface area contributed by atoms with Crippen molar-refractivity contribution >= 4 is 5.91 Å². The summed E-state index contributed by atoms with van der Waals surface area (Å²) < 4.78 is 6.93. The molecule has 2 N–H and O–H groups in total. The number of benzene rings is 1. The van der Waals surface area contributed by atoms with Crippen molar-refractivity contribution in [2.24, 2.45) is 5.41 Å². The van der Waals surface area contributed by atoms with Crippen LogP contribution in [0.4, 0.5) is 0 Å². The van der Waals surface area contributed by atoms with Crippen LogP contribution in [0.1, 0.15) is 23.2 Å². The first-order valence-corrected chi connectivity index (χ1v) is 8.04. The van der Waals surface area contributed by atoms with Crippen molar-refractivity contribution in [1.82, 2.24) is 30.8 Å². The van der Waals surface area contributed by atoms with Crippen molar-refractivity contribution in [3.63, 3.8) is 0 Å². The Morgan fingerprint density at radius 2 is 2.08 bits per heavy atom. The lowest BCUT2D eigenvalue weighted by Gasteiger charge is -2.37. The fourth-order valence-electron chi connectivity index (χ4n) is 3.05. The van der Waals surface area contributed by atoms with E-state index in [-0.39, 0.29) is 11.3 Å². The second-order valence-corrected chi connectivity index (χ2v) is 6.17. The second kappa shape index (κ2) is 7.50. The van der Waals surface area contributed by atoms with E-state index in [4.69, 9.17) is 4.74 Å². The predicted molar refractivity (Wildman–Crippen MR) is 87.9 cm³/mol. The van der Waals surface area contributed by atoms with Crippen LogP contribution in [0, 0.1) is 5.41 Å². The predicted octanol–water partition coefficient (Wildman–Crippen LogP) is 0.408. The van der Waals surface area contributed by atoms with Gasteiger partial charge in [0.25, 0.3) is 5.91 Å². The van der Waals surface area contributed by atoms with Gasteiger partial charge in [0.05, 0.1) is 12.3 Å². The van der Waals surface area contributed by atoms with E-state index in [2.05, 4.69) is 26.2 Å². The van der Waals surface area contributed by atoms with Gasteiger partial charge in [0, 0.05) is 24.6 Å². The molecule has 1 fully saturated rings. The number of hydrogen-bond acceptors (Lipinski definition) is 6. The highest BCUT2D eigenvalue weighted by Gasteiger charge is 2.32. The largest absolute Gasteiger partial charge is 0.384 e. The van der Waals surface area contributed by atoms with Crippen LogP contribution < -0.4 is 10.6 Å². The van der Waals surface area contributed by atoms with Crippen LogP contribution >= 0.6 is 0 Å². The Hall–Kier alpha value is -2.32. The summed E-state index contributed by atoms with van der Waals surface area (Å²) in [4.78, 5) is 12.4. The molecule has 0 radical (unpaired) electrons. The van der Waals surface area contributed by atoms with E-state index in [0.717, 1.165) is 31.6 Å². The van der Waals surface area contributed by atoms with Crippen molar-refractivity contribution in [3.05, 3.63) is 36.2 Å². The molecule has 1 saturated heterocycles. The average Bonchev–Trinajstić information content (AvgIpc) is 3.16. The molecule has 1 amide bonds. The minimum atomic E-state index is -0.0766. The Bertz CT molecular complexity index is 644. The summed E-state index contributed by atoms with van der Waals surface area (Å²) in [6.07, 6.45) is 3.51. The number of piperidine rings is 1. The maximum Gasteiger partial charge on any atom is 0.251 e. The molecule has 0 unspecified atom stereocenters. The molecule has 0 atom stereocenters. The fourth-order valence-corrected chi connectivity index (χ4v) is 3.05. The Labute approximate surface area is 140 Å². The molecule has 1 aromatic heterocycles. The Balaban J connectivity index is 1.62. The van der Waals surface area contributed by atoms with Gasteiger partial charge in [0.2, 0.25) is 0 Å². The summed E-state index contributed by atoms with van der Waals surface area (Å²) in [5.41, 5.74) is 1.45. The van der Waals surface area contributed by atoms with Gasteiger partial charge in [-0.1, -0.05) is 0 Å². The highest BCUT2D eigenvalue weighted by Crippen LogP contribution is 2.28. The van der Waals surface area contributed by atoms with Gasteiger partial charge in [-0.15, -0.1) is 5.10 Å². The molecule has 1 aliphatic rings. The maximum atomic E-state index is 12.4. The molecule has 1 aromatic carbocycles. The smallest absolute Gasteiger partial charge is 0.251 e. The molecule has 128 valence electrons. The number of tetrazole rings is 1. The highest BCUT2D eigenvalue weighted by molar-refractivity contribution is 5.94. The lowest BCUT2D eigenvalue weighted by molar-refractivity contribution is 0.0512. The van der Waals surface area contributed by atoms with Gasteiger partial charge in [0.1, 0.15) is 6.33 Å². The number of amides is 1. The average molecular weight is 330 g/mol. The molecule has 3 rings (SSSR count). The van der Waals surface area contributed by atoms with Crippen molar-refractivity contribution in [3.8, 4) is 5.69 Å². The summed E-state index contributed by atoms with van der Waals surface area (Å²) in [5, 5.41) is 17.4. The standard InChI is InChI=1S/C16H22N6O2/c1-24-11-16(6-8-17-9-7-16)10-18-15(23)13-2-4-14(5-3-13)22-12-19-20-21-22/h2-5,12,17H,6-11H2,1H3,(H,18,23). The Morgan fingerprint density at radius 1 is 1.33 bits per heavy atom. The number of nitrogens with zero attached hydrogens (tertiary/aromatic N) is 4. The minimum Gasteiger partial charge on any atom is -0.384 e. The molecular weight excluding hydrogens is 308 g/mol. The lowest BCUT2D eigenvalue weighted by atomic mass is 9.79. The van der Waals surface area contributed by atoms with Crippen LogP contribution in [0.15, 0.2) is 30.6 Å². The number of nitrogens with one attached hydrogen (secondary N) is 2. The zero-order valence-corrected chi connectivity index (χ0v) is 13.7. The quantitative estimate of drug-likeness (QED) is 0.797. The van der Waals surface area contributed by atoms with Crippen LogP contribution in [-0.2, 0) is 4.74 Å². The third-order valence-electron chi connectivity index (χ3n) is 4.48. The molecule has 2 aromatic rings. The molecule has 0 aliphatic carbocycles. The summed E-state index contributed by atoms with van der Waals surface area (Å²) in [7, 11) is 1.71. The van der Waals surface area contributed by atoms with Gasteiger partial charge in [-0.25, -0.2) is 4.68 Å². The third-order valence-corrected chi connectivity index (χ3v) is 4.48. The van der Waals surface area contributed by atoms with Crippen LogP contribution in [0.5, 0.6) is 0 Å². The fraction of sp³-hybridized carbons (Fsp3) is 0.500. The molecule has 0 saturated carbocycles. The first-order chi connectivity index (χ1) is 11.7. The van der Waals surface area contributed by atoms with Crippen LogP contribution in [-0.4, -0.2) is 59.5 Å². The van der Waals surface area contributed by atoms with Crippen LogP contribution in [0.25, 0.3) is 5.69 Å². The molecule has 8 nitrogen and oxygen atoms in total. The third kappa shape index (κ3) is 3.77. The number of hydrogen-bond donors (Lipinski definition) is 2. The molecule has 1 aliphatic heterocycles. The summed E-state index contributed by atoms with van der Waals surface area (Å²) in [6.45, 7) is 3.20. The molecular formula is C16H22N6O2. The topological polar surface area (TPSA) is 94.0 Å². The Morgan fingerprint density at radius 3 is 2.71 bits per heavy atom. The van der Waals surface area contributed by atoms with Crippen molar-refractivity contribution in [2.75, 3.05) is 33.4 Å². The van der Waals surface area contributed by atoms with E-state index in [0.29, 0.717) is 18.7 Å². The molecule has 0 bridgehead atoms. The van der Waals surface area contributed by atoms with E-state index in [1.165, 1.54) is 6.33 Å². The van der Waals surface area contributed by atoms with E-state index < -0.39 is 0 Å². The molecule has 2 heterocycles. The van der Waals surface area contributed by atoms with Gasteiger partial charge in [-0.2, -0.15) is 0 Å². The number of methoxy groups -OCH3 is 1. The van der Waals surface area contributed by atoms with Crippen molar-refractivity contribution in [1.29, 1.82) is 0 Å². The van der Waals surface area contributed by atoms with Crippen molar-refractivity contribution < 1.29 is 9.53 Å². The summed E-state index contributed by atoms with van der Waals surface area (Å²) in [6, 6.07) is 7.19. The van der Waals surface area contributed by atoms with E-state index >= 15 is 0 Å². The SMILES string of the molecule is COCC1(CNC(=O)c2ccc(-n3cnnn3)cc2)CCNCC1. The minimum absolute atomic E-state index is 0.0159. The first-order valence-electron chi connectivity index (χ1n) is 8.04. The number of carbonyl (C=O) groups excluding carboxylic acids is 1. The normalized spacial score (nSPS) is 16.7. The van der Waals surface area contributed by atoms with E-state index in [1.807, 2.05) is 12.1 Å².